The average molecular weight is 499 g/mol. The van der Waals surface area contributed by atoms with E-state index in [0.717, 1.165) is 16.5 Å². The molecule has 0 aliphatic carbocycles. The van der Waals surface area contributed by atoms with Crippen molar-refractivity contribution in [3.8, 4) is 5.75 Å². The number of aromatic hydroxyl groups is 1. The second-order valence-electron chi connectivity index (χ2n) is 9.00. The van der Waals surface area contributed by atoms with Crippen molar-refractivity contribution in [2.75, 3.05) is 7.11 Å². The highest BCUT2D eigenvalue weighted by Gasteiger charge is 2.29. The van der Waals surface area contributed by atoms with Gasteiger partial charge < -0.3 is 23.8 Å². The first-order valence-corrected chi connectivity index (χ1v) is 11.9. The zero-order chi connectivity index (χ0) is 26.1. The Morgan fingerprint density at radius 2 is 1.84 bits per heavy atom. The topological polar surface area (TPSA) is 115 Å². The van der Waals surface area contributed by atoms with Crippen LogP contribution in [0, 0.1) is 6.92 Å². The Balaban J connectivity index is 1.61. The third-order valence-corrected chi connectivity index (χ3v) is 6.83. The van der Waals surface area contributed by atoms with Gasteiger partial charge in [0.05, 0.1) is 30.7 Å². The molecule has 0 saturated carbocycles. The van der Waals surface area contributed by atoms with Gasteiger partial charge in [0.1, 0.15) is 11.3 Å². The summed E-state index contributed by atoms with van der Waals surface area (Å²) in [4.78, 5) is 42.8. The fourth-order valence-corrected chi connectivity index (χ4v) is 4.90. The van der Waals surface area contributed by atoms with Crippen LogP contribution in [0.15, 0.2) is 81.1 Å². The average Bonchev–Trinajstić information content (AvgIpc) is 3.31. The van der Waals surface area contributed by atoms with Gasteiger partial charge in [0, 0.05) is 40.8 Å². The predicted octanol–water partition coefficient (Wildman–Crippen LogP) is 4.39. The van der Waals surface area contributed by atoms with Gasteiger partial charge in [-0.1, -0.05) is 30.3 Å². The molecular weight excluding hydrogens is 472 g/mol. The number of nitrogens with zero attached hydrogens (tertiary/aromatic N) is 1. The summed E-state index contributed by atoms with van der Waals surface area (Å²) in [5, 5.41) is 12.3. The lowest BCUT2D eigenvalue weighted by molar-refractivity contribution is -0.140. The molecule has 37 heavy (non-hydrogen) atoms. The second-order valence-corrected chi connectivity index (χ2v) is 9.00. The van der Waals surface area contributed by atoms with Crippen LogP contribution in [0.3, 0.4) is 0 Å². The molecule has 0 amide bonds. The van der Waals surface area contributed by atoms with Gasteiger partial charge in [-0.3, -0.25) is 14.4 Å². The van der Waals surface area contributed by atoms with E-state index in [9.17, 15) is 19.5 Å². The normalized spacial score (nSPS) is 12.2. The first-order chi connectivity index (χ1) is 17.9. The minimum atomic E-state index is -1.05. The van der Waals surface area contributed by atoms with Gasteiger partial charge in [-0.25, -0.2) is 0 Å². The number of ether oxygens (including phenoxy) is 1. The van der Waals surface area contributed by atoms with Crippen molar-refractivity contribution in [2.45, 2.75) is 32.2 Å². The number of aryl methyl sites for hydroxylation is 2. The monoisotopic (exact) mass is 498 g/mol. The van der Waals surface area contributed by atoms with E-state index in [0.29, 0.717) is 29.6 Å². The van der Waals surface area contributed by atoms with Crippen LogP contribution in [0.1, 0.15) is 34.7 Å². The predicted molar refractivity (Wildman–Crippen MR) is 140 cm³/mol. The van der Waals surface area contributed by atoms with Crippen molar-refractivity contribution in [2.24, 2.45) is 0 Å². The Hall–Kier alpha value is -4.59. The Morgan fingerprint density at radius 1 is 1.11 bits per heavy atom. The van der Waals surface area contributed by atoms with E-state index in [1.54, 1.807) is 35.8 Å². The van der Waals surface area contributed by atoms with Crippen molar-refractivity contribution in [1.82, 2.24) is 9.55 Å². The SMILES string of the molecule is COC(=O)CC(c1coc2ccccc2c1=O)c1c(O)cc(C)n(CCc2c[nH]c3ccccc23)c1=O. The number of fused-ring (bicyclic) bond motifs is 2. The second kappa shape index (κ2) is 9.81. The van der Waals surface area contributed by atoms with Crippen molar-refractivity contribution in [3.05, 3.63) is 110 Å². The fourth-order valence-electron chi connectivity index (χ4n) is 4.90. The molecule has 2 aromatic carbocycles. The van der Waals surface area contributed by atoms with Gasteiger partial charge in [0.2, 0.25) is 0 Å². The van der Waals surface area contributed by atoms with Gasteiger partial charge in [0.25, 0.3) is 5.56 Å². The number of aromatic nitrogens is 2. The van der Waals surface area contributed by atoms with Gasteiger partial charge in [-0.15, -0.1) is 0 Å². The summed E-state index contributed by atoms with van der Waals surface area (Å²) >= 11 is 0. The van der Waals surface area contributed by atoms with Crippen molar-refractivity contribution in [1.29, 1.82) is 0 Å². The van der Waals surface area contributed by atoms with Crippen LogP contribution in [-0.2, 0) is 22.5 Å². The maximum absolute atomic E-state index is 13.8. The van der Waals surface area contributed by atoms with E-state index in [1.807, 2.05) is 30.5 Å². The van der Waals surface area contributed by atoms with Crippen LogP contribution in [0.25, 0.3) is 21.9 Å². The molecule has 8 nitrogen and oxygen atoms in total. The summed E-state index contributed by atoms with van der Waals surface area (Å²) in [7, 11) is 1.23. The zero-order valence-electron chi connectivity index (χ0n) is 20.5. The lowest BCUT2D eigenvalue weighted by Gasteiger charge is -2.20. The van der Waals surface area contributed by atoms with Gasteiger partial charge in [0.15, 0.2) is 5.43 Å². The molecule has 0 bridgehead atoms. The molecule has 0 spiro atoms. The Bertz CT molecular complexity index is 1740. The summed E-state index contributed by atoms with van der Waals surface area (Å²) in [6.45, 7) is 2.08. The zero-order valence-corrected chi connectivity index (χ0v) is 20.5. The van der Waals surface area contributed by atoms with Crippen LogP contribution in [0.2, 0.25) is 0 Å². The number of rotatable bonds is 7. The van der Waals surface area contributed by atoms with E-state index in [-0.39, 0.29) is 28.7 Å². The molecule has 1 unspecified atom stereocenters. The molecule has 2 N–H and O–H groups in total. The maximum atomic E-state index is 13.8. The van der Waals surface area contributed by atoms with Crippen LogP contribution in [0.5, 0.6) is 5.75 Å². The number of aromatic amines is 1. The minimum absolute atomic E-state index is 0.0440. The standard InChI is InChI=1S/C29H26N2O6/c1-17-13-24(32)27(29(35)31(17)12-11-18-15-30-23-9-5-3-7-19(18)23)21(14-26(33)36-2)22-16-37-25-10-6-4-8-20(25)28(22)34/h3-10,13,15-16,21,30,32H,11-12,14H2,1-2H3. The summed E-state index contributed by atoms with van der Waals surface area (Å²) < 4.78 is 12.1. The molecular formula is C29H26N2O6. The molecule has 0 aliphatic rings. The number of nitrogens with one attached hydrogen (secondary N) is 1. The van der Waals surface area contributed by atoms with E-state index < -0.39 is 17.4 Å². The number of pyridine rings is 1. The van der Waals surface area contributed by atoms with Crippen LogP contribution >= 0.6 is 0 Å². The van der Waals surface area contributed by atoms with E-state index in [4.69, 9.17) is 9.15 Å². The van der Waals surface area contributed by atoms with Crippen LogP contribution < -0.4 is 11.0 Å². The highest BCUT2D eigenvalue weighted by atomic mass is 16.5. The lowest BCUT2D eigenvalue weighted by Crippen LogP contribution is -2.30. The van der Waals surface area contributed by atoms with Gasteiger partial charge in [-0.2, -0.15) is 0 Å². The Labute approximate surface area is 211 Å². The highest BCUT2D eigenvalue weighted by molar-refractivity contribution is 5.83. The number of hydrogen-bond donors (Lipinski definition) is 2. The van der Waals surface area contributed by atoms with Crippen LogP contribution in [-0.4, -0.2) is 27.7 Å². The number of benzene rings is 2. The summed E-state index contributed by atoms with van der Waals surface area (Å²) in [6.07, 6.45) is 3.43. The molecule has 3 heterocycles. The molecule has 0 fully saturated rings. The third kappa shape index (κ3) is 4.42. The largest absolute Gasteiger partial charge is 0.507 e. The molecule has 5 rings (SSSR count). The quantitative estimate of drug-likeness (QED) is 0.322. The third-order valence-electron chi connectivity index (χ3n) is 6.83. The first-order valence-electron chi connectivity index (χ1n) is 11.9. The van der Waals surface area contributed by atoms with Crippen molar-refractivity contribution in [3.63, 3.8) is 0 Å². The van der Waals surface area contributed by atoms with Crippen molar-refractivity contribution >= 4 is 27.8 Å². The van der Waals surface area contributed by atoms with Gasteiger partial charge >= 0.3 is 5.97 Å². The van der Waals surface area contributed by atoms with E-state index in [2.05, 4.69) is 4.98 Å². The highest BCUT2D eigenvalue weighted by Crippen LogP contribution is 2.32. The number of methoxy groups -OCH3 is 1. The molecule has 188 valence electrons. The van der Waals surface area contributed by atoms with E-state index in [1.165, 1.54) is 19.4 Å². The summed E-state index contributed by atoms with van der Waals surface area (Å²) in [6, 6.07) is 16.1. The number of hydrogen-bond acceptors (Lipinski definition) is 6. The number of carbonyl (C=O) groups excluding carboxylic acids is 1. The van der Waals surface area contributed by atoms with E-state index >= 15 is 0 Å². The molecule has 1 atom stereocenters. The molecule has 0 radical (unpaired) electrons. The number of carbonyl (C=O) groups is 1. The number of esters is 1. The molecule has 5 aromatic rings. The maximum Gasteiger partial charge on any atom is 0.306 e. The molecule has 0 aliphatic heterocycles. The molecule has 3 aromatic heterocycles. The Kier molecular flexibility index (Phi) is 6.40. The lowest BCUT2D eigenvalue weighted by atomic mass is 9.88. The molecule has 0 saturated heterocycles. The summed E-state index contributed by atoms with van der Waals surface area (Å²) in [5.41, 5.74) is 2.22. The summed E-state index contributed by atoms with van der Waals surface area (Å²) in [5.74, 6) is -1.96. The molecule has 8 heteroatoms. The number of H-pyrrole nitrogens is 1. The number of para-hydroxylation sites is 2. The smallest absolute Gasteiger partial charge is 0.306 e. The first kappa shape index (κ1) is 24.1. The Morgan fingerprint density at radius 3 is 2.62 bits per heavy atom. The van der Waals surface area contributed by atoms with Crippen LogP contribution in [0.4, 0.5) is 0 Å². The minimum Gasteiger partial charge on any atom is -0.507 e. The fraction of sp³-hybridized carbons (Fsp3) is 0.207. The van der Waals surface area contributed by atoms with Gasteiger partial charge in [-0.05, 0) is 43.2 Å². The van der Waals surface area contributed by atoms with Crippen molar-refractivity contribution < 1.29 is 19.1 Å².